The molecular formula is C20H20N6O5. The first-order chi connectivity index (χ1) is 14.9. The van der Waals surface area contributed by atoms with Gasteiger partial charge in [0.05, 0.1) is 19.9 Å². The highest BCUT2D eigenvalue weighted by atomic mass is 16.5. The van der Waals surface area contributed by atoms with E-state index in [-0.39, 0.29) is 36.3 Å². The molecule has 4 rings (SSSR count). The minimum atomic E-state index is -0.984. The highest BCUT2D eigenvalue weighted by molar-refractivity contribution is 6.10. The smallest absolute Gasteiger partial charge is 0.328 e. The number of carboxylic acids is 1. The first-order valence-electron chi connectivity index (χ1n) is 9.41. The molecule has 11 heteroatoms. The summed E-state index contributed by atoms with van der Waals surface area (Å²) in [5.41, 5.74) is 7.98. The minimum Gasteiger partial charge on any atom is -0.496 e. The number of carboxylic acid groups (broad SMARTS) is 1. The Kier molecular flexibility index (Phi) is 5.15. The van der Waals surface area contributed by atoms with Gasteiger partial charge < -0.3 is 25.2 Å². The van der Waals surface area contributed by atoms with Gasteiger partial charge in [0.2, 0.25) is 5.88 Å². The fourth-order valence-electron chi connectivity index (χ4n) is 3.30. The van der Waals surface area contributed by atoms with Gasteiger partial charge in [-0.15, -0.1) is 0 Å². The van der Waals surface area contributed by atoms with E-state index in [0.717, 1.165) is 0 Å². The number of rotatable bonds is 5. The van der Waals surface area contributed by atoms with Gasteiger partial charge in [-0.25, -0.2) is 14.8 Å². The van der Waals surface area contributed by atoms with Crippen LogP contribution in [0, 0.1) is 0 Å². The van der Waals surface area contributed by atoms with Crippen LogP contribution in [0.15, 0.2) is 36.9 Å². The van der Waals surface area contributed by atoms with Crippen molar-refractivity contribution < 1.29 is 24.2 Å². The molecule has 0 saturated heterocycles. The van der Waals surface area contributed by atoms with E-state index in [4.69, 9.17) is 15.2 Å². The predicted molar refractivity (Wildman–Crippen MR) is 110 cm³/mol. The monoisotopic (exact) mass is 424 g/mol. The maximum Gasteiger partial charge on any atom is 0.328 e. The molecule has 0 fully saturated rings. The van der Waals surface area contributed by atoms with Gasteiger partial charge in [-0.05, 0) is 19.1 Å². The average molecular weight is 424 g/mol. The van der Waals surface area contributed by atoms with Crippen LogP contribution in [0.3, 0.4) is 0 Å². The van der Waals surface area contributed by atoms with Gasteiger partial charge in [-0.1, -0.05) is 0 Å². The third-order valence-electron chi connectivity index (χ3n) is 5.02. The second kappa shape index (κ2) is 7.94. The van der Waals surface area contributed by atoms with E-state index in [1.54, 1.807) is 37.5 Å². The lowest BCUT2D eigenvalue weighted by molar-refractivity contribution is -0.140. The van der Waals surface area contributed by atoms with E-state index in [1.807, 2.05) is 0 Å². The predicted octanol–water partition coefficient (Wildman–Crippen LogP) is 1.62. The van der Waals surface area contributed by atoms with Gasteiger partial charge >= 0.3 is 5.97 Å². The molecule has 2 aromatic heterocycles. The molecule has 1 aliphatic heterocycles. The zero-order valence-electron chi connectivity index (χ0n) is 16.8. The van der Waals surface area contributed by atoms with Crippen LogP contribution in [-0.2, 0) is 4.79 Å². The second-order valence-electron chi connectivity index (χ2n) is 6.85. The van der Waals surface area contributed by atoms with Crippen molar-refractivity contribution in [2.45, 2.75) is 13.0 Å². The van der Waals surface area contributed by atoms with Gasteiger partial charge in [-0.2, -0.15) is 5.10 Å². The molecule has 3 heterocycles. The van der Waals surface area contributed by atoms with Gasteiger partial charge in [0.15, 0.2) is 0 Å². The molecule has 11 nitrogen and oxygen atoms in total. The van der Waals surface area contributed by atoms with Gasteiger partial charge in [0.1, 0.15) is 36.1 Å². The van der Waals surface area contributed by atoms with E-state index >= 15 is 0 Å². The number of nitrogens with two attached hydrogens (primary N) is 1. The Bertz CT molecular complexity index is 1160. The largest absolute Gasteiger partial charge is 0.496 e. The van der Waals surface area contributed by atoms with Gasteiger partial charge in [0.25, 0.3) is 5.91 Å². The Morgan fingerprint density at radius 1 is 1.35 bits per heavy atom. The van der Waals surface area contributed by atoms with Crippen molar-refractivity contribution in [1.29, 1.82) is 0 Å². The number of carbonyl (C=O) groups is 2. The molecule has 0 saturated carbocycles. The molecule has 31 heavy (non-hydrogen) atoms. The molecule has 1 amide bonds. The van der Waals surface area contributed by atoms with Crippen molar-refractivity contribution >= 4 is 23.4 Å². The molecule has 1 aliphatic rings. The fourth-order valence-corrected chi connectivity index (χ4v) is 3.30. The van der Waals surface area contributed by atoms with Crippen LogP contribution in [0.1, 0.15) is 23.3 Å². The van der Waals surface area contributed by atoms with E-state index < -0.39 is 12.0 Å². The Labute approximate surface area is 177 Å². The molecule has 0 aliphatic carbocycles. The Hall–Kier alpha value is -4.15. The summed E-state index contributed by atoms with van der Waals surface area (Å²) < 4.78 is 12.5. The van der Waals surface area contributed by atoms with Crippen molar-refractivity contribution in [1.82, 2.24) is 19.7 Å². The molecular weight excluding hydrogens is 404 g/mol. The molecule has 1 aromatic carbocycles. The standard InChI is InChI=1S/C20H20N6O5/c1-11(20(28)29)26-9-12(8-24-26)14-4-3-13(7-15(14)30-2)25-5-6-31-18-16(19(25)27)17(21)22-10-23-18/h3-4,7-11H,5-6H2,1-2H3,(H,28,29)(H2,21,22,23). The van der Waals surface area contributed by atoms with E-state index in [0.29, 0.717) is 22.6 Å². The van der Waals surface area contributed by atoms with Crippen molar-refractivity contribution in [3.05, 3.63) is 42.5 Å². The van der Waals surface area contributed by atoms with Crippen LogP contribution >= 0.6 is 0 Å². The number of aliphatic carboxylic acids is 1. The maximum absolute atomic E-state index is 13.1. The lowest BCUT2D eigenvalue weighted by atomic mass is 10.1. The summed E-state index contributed by atoms with van der Waals surface area (Å²) in [5.74, 6) is -0.657. The highest BCUT2D eigenvalue weighted by Gasteiger charge is 2.29. The van der Waals surface area contributed by atoms with Crippen LogP contribution in [0.25, 0.3) is 11.1 Å². The highest BCUT2D eigenvalue weighted by Crippen LogP contribution is 2.35. The molecule has 3 N–H and O–H groups in total. The van der Waals surface area contributed by atoms with Crippen molar-refractivity contribution in [3.63, 3.8) is 0 Å². The van der Waals surface area contributed by atoms with Crippen molar-refractivity contribution in [3.8, 4) is 22.8 Å². The van der Waals surface area contributed by atoms with Crippen molar-refractivity contribution in [2.75, 3.05) is 30.9 Å². The van der Waals surface area contributed by atoms with E-state index in [9.17, 15) is 14.7 Å². The number of fused-ring (bicyclic) bond motifs is 1. The normalized spacial score (nSPS) is 14.4. The van der Waals surface area contributed by atoms with E-state index in [1.165, 1.54) is 23.0 Å². The zero-order chi connectivity index (χ0) is 22.1. The Morgan fingerprint density at radius 2 is 2.16 bits per heavy atom. The number of hydrogen-bond acceptors (Lipinski definition) is 8. The number of carbonyl (C=O) groups excluding carboxylic acids is 1. The third-order valence-corrected chi connectivity index (χ3v) is 5.02. The van der Waals surface area contributed by atoms with Crippen LogP contribution in [-0.4, -0.2) is 57.0 Å². The number of nitrogen functional groups attached to an aromatic ring is 1. The Morgan fingerprint density at radius 3 is 2.90 bits per heavy atom. The number of amides is 1. The lowest BCUT2D eigenvalue weighted by Gasteiger charge is -2.21. The summed E-state index contributed by atoms with van der Waals surface area (Å²) in [6.45, 7) is 2.06. The second-order valence-corrected chi connectivity index (χ2v) is 6.85. The number of methoxy groups -OCH3 is 1. The third kappa shape index (κ3) is 3.61. The SMILES string of the molecule is COc1cc(N2CCOc3ncnc(N)c3C2=O)ccc1-c1cnn(C(C)C(=O)O)c1. The lowest BCUT2D eigenvalue weighted by Crippen LogP contribution is -2.32. The van der Waals surface area contributed by atoms with Gasteiger partial charge in [0, 0.05) is 29.1 Å². The van der Waals surface area contributed by atoms with E-state index in [2.05, 4.69) is 15.1 Å². The maximum atomic E-state index is 13.1. The zero-order valence-corrected chi connectivity index (χ0v) is 16.8. The summed E-state index contributed by atoms with van der Waals surface area (Å²) in [4.78, 5) is 33.8. The molecule has 0 bridgehead atoms. The summed E-state index contributed by atoms with van der Waals surface area (Å²) in [5, 5.41) is 13.3. The van der Waals surface area contributed by atoms with Gasteiger partial charge in [-0.3, -0.25) is 9.48 Å². The van der Waals surface area contributed by atoms with Crippen LogP contribution in [0.4, 0.5) is 11.5 Å². The number of hydrogen-bond donors (Lipinski definition) is 2. The first-order valence-corrected chi connectivity index (χ1v) is 9.41. The molecule has 3 aromatic rings. The molecule has 160 valence electrons. The molecule has 1 atom stereocenters. The van der Waals surface area contributed by atoms with Crippen LogP contribution in [0.5, 0.6) is 11.6 Å². The number of nitrogens with zero attached hydrogens (tertiary/aromatic N) is 5. The summed E-state index contributed by atoms with van der Waals surface area (Å²) >= 11 is 0. The number of benzene rings is 1. The average Bonchev–Trinajstić information content (AvgIpc) is 3.18. The fraction of sp³-hybridized carbons (Fsp3) is 0.250. The molecule has 0 spiro atoms. The van der Waals surface area contributed by atoms with Crippen molar-refractivity contribution in [2.24, 2.45) is 0 Å². The number of ether oxygens (including phenoxy) is 2. The summed E-state index contributed by atoms with van der Waals surface area (Å²) in [6.07, 6.45) is 4.45. The molecule has 1 unspecified atom stereocenters. The summed E-state index contributed by atoms with van der Waals surface area (Å²) in [7, 11) is 1.52. The topological polar surface area (TPSA) is 146 Å². The molecule has 0 radical (unpaired) electrons. The number of aromatic nitrogens is 4. The minimum absolute atomic E-state index is 0.0467. The quantitative estimate of drug-likeness (QED) is 0.624. The number of anilines is 2. The van der Waals surface area contributed by atoms with Crippen LogP contribution < -0.4 is 20.1 Å². The Balaban J connectivity index is 1.70. The first kappa shape index (κ1) is 20.1. The van der Waals surface area contributed by atoms with Crippen LogP contribution in [0.2, 0.25) is 0 Å². The summed E-state index contributed by atoms with van der Waals surface area (Å²) in [6, 6.07) is 4.46.